The summed E-state index contributed by atoms with van der Waals surface area (Å²) < 4.78 is 60.7. The molecule has 0 aliphatic rings. The highest BCUT2D eigenvalue weighted by molar-refractivity contribution is 14.1. The van der Waals surface area contributed by atoms with Crippen molar-refractivity contribution in [1.82, 2.24) is 0 Å². The highest BCUT2D eigenvalue weighted by Crippen LogP contribution is 2.31. The summed E-state index contributed by atoms with van der Waals surface area (Å²) in [7, 11) is 0. The fourth-order valence-corrected chi connectivity index (χ4v) is 4.11. The molecule has 0 aliphatic heterocycles. The van der Waals surface area contributed by atoms with E-state index in [1.807, 2.05) is 45.2 Å². The molecule has 0 aromatic heterocycles. The molecule has 2 aromatic rings. The van der Waals surface area contributed by atoms with E-state index in [-0.39, 0.29) is 5.56 Å². The van der Waals surface area contributed by atoms with Crippen molar-refractivity contribution in [3.05, 3.63) is 57.2 Å². The third-order valence-electron chi connectivity index (χ3n) is 2.83. The molecule has 0 bridgehead atoms. The van der Waals surface area contributed by atoms with Crippen LogP contribution in [0.15, 0.2) is 12.1 Å². The molecule has 0 unspecified atom stereocenters. The zero-order valence-corrected chi connectivity index (χ0v) is 17.9. The Morgan fingerprint density at radius 3 is 2.08 bits per heavy atom. The number of benzene rings is 2. The number of hydrogen-bond acceptors (Lipinski definition) is 4. The van der Waals surface area contributed by atoms with Crippen LogP contribution in [0.5, 0.6) is 5.75 Å². The van der Waals surface area contributed by atoms with E-state index in [9.17, 15) is 32.3 Å². The second-order valence-corrected chi connectivity index (χ2v) is 7.87. The third kappa shape index (κ3) is 4.01. The molecule has 0 amide bonds. The van der Waals surface area contributed by atoms with Crippen LogP contribution in [-0.2, 0) is 0 Å². The molecule has 0 aliphatic carbocycles. The summed E-state index contributed by atoms with van der Waals surface area (Å²) in [5.74, 6) is -14.2. The van der Waals surface area contributed by atoms with E-state index in [2.05, 4.69) is 4.74 Å². The Balaban J connectivity index is 2.58. The van der Waals surface area contributed by atoms with Crippen molar-refractivity contribution in [2.24, 2.45) is 0 Å². The first-order valence-corrected chi connectivity index (χ1v) is 9.23. The van der Waals surface area contributed by atoms with E-state index < -0.39 is 46.5 Å². The molecule has 0 radical (unpaired) electrons. The van der Waals surface area contributed by atoms with Crippen LogP contribution < -0.4 is 9.84 Å². The maximum Gasteiger partial charge on any atom is 0.344 e. The third-order valence-corrected chi connectivity index (χ3v) is 6.50. The van der Waals surface area contributed by atoms with Crippen LogP contribution in [0.25, 0.3) is 0 Å². The average molecular weight is 691 g/mol. The van der Waals surface area contributed by atoms with Gasteiger partial charge >= 0.3 is 5.97 Å². The summed E-state index contributed by atoms with van der Waals surface area (Å²) in [6.45, 7) is 0. The van der Waals surface area contributed by atoms with Crippen LogP contribution in [0, 0.1) is 34.0 Å². The summed E-state index contributed by atoms with van der Waals surface area (Å²) in [6, 6.07) is 3.06. The number of carbonyl (C=O) groups is 2. The monoisotopic (exact) mass is 691 g/mol. The van der Waals surface area contributed by atoms with E-state index in [4.69, 9.17) is 0 Å². The highest BCUT2D eigenvalue weighted by Gasteiger charge is 2.29. The molecule has 2 rings (SSSR count). The van der Waals surface area contributed by atoms with Gasteiger partial charge in [0.15, 0.2) is 17.5 Å². The largest absolute Gasteiger partial charge is 0.545 e. The normalized spacial score (nSPS) is 10.7. The Morgan fingerprint density at radius 1 is 0.920 bits per heavy atom. The Morgan fingerprint density at radius 2 is 1.52 bits per heavy atom. The molecule has 0 spiro atoms. The van der Waals surface area contributed by atoms with Gasteiger partial charge in [0.05, 0.1) is 17.1 Å². The molecule has 11 heteroatoms. The van der Waals surface area contributed by atoms with Crippen molar-refractivity contribution in [3.8, 4) is 5.75 Å². The summed E-state index contributed by atoms with van der Waals surface area (Å²) in [5, 5.41) is 10.7. The standard InChI is InChI=1S/C14H3F4I3O4/c15-7-6(13(22)23)8(16)12(10(18)9(7)17)25-14(24)4-1-3(19)2-5(20)11(4)21/h1-2H,(H,22,23)/p-1. The fourth-order valence-electron chi connectivity index (χ4n) is 1.73. The average Bonchev–Trinajstić information content (AvgIpc) is 2.52. The van der Waals surface area contributed by atoms with Gasteiger partial charge in [-0.05, 0) is 79.9 Å². The topological polar surface area (TPSA) is 66.4 Å². The first-order valence-electron chi connectivity index (χ1n) is 6.00. The number of hydrogen-bond donors (Lipinski definition) is 0. The van der Waals surface area contributed by atoms with Crippen molar-refractivity contribution in [1.29, 1.82) is 0 Å². The van der Waals surface area contributed by atoms with Gasteiger partial charge in [-0.15, -0.1) is 0 Å². The van der Waals surface area contributed by atoms with Crippen molar-refractivity contribution in [2.45, 2.75) is 0 Å². The lowest BCUT2D eigenvalue weighted by molar-refractivity contribution is -0.255. The Hall–Kier alpha value is -0.710. The van der Waals surface area contributed by atoms with Gasteiger partial charge in [-0.3, -0.25) is 0 Å². The first-order chi connectivity index (χ1) is 11.6. The van der Waals surface area contributed by atoms with E-state index >= 15 is 0 Å². The highest BCUT2D eigenvalue weighted by atomic mass is 127. The molecular formula is C14H2F4I3O4-. The lowest BCUT2D eigenvalue weighted by Gasteiger charge is -2.13. The zero-order valence-electron chi connectivity index (χ0n) is 11.4. The molecule has 0 fully saturated rings. The lowest BCUT2D eigenvalue weighted by atomic mass is 10.1. The first kappa shape index (κ1) is 20.6. The van der Waals surface area contributed by atoms with Gasteiger partial charge in [0, 0.05) is 10.7 Å². The van der Waals surface area contributed by atoms with Crippen LogP contribution in [0.2, 0.25) is 0 Å². The van der Waals surface area contributed by atoms with Crippen molar-refractivity contribution in [3.63, 3.8) is 0 Å². The lowest BCUT2D eigenvalue weighted by Crippen LogP contribution is -2.27. The quantitative estimate of drug-likeness (QED) is 0.123. The molecule has 0 atom stereocenters. The van der Waals surface area contributed by atoms with Gasteiger partial charge in [0.25, 0.3) is 0 Å². The number of aromatic carboxylic acids is 1. The molecule has 0 N–H and O–H groups in total. The van der Waals surface area contributed by atoms with Crippen LogP contribution in [0.1, 0.15) is 20.7 Å². The second-order valence-electron chi connectivity index (χ2n) is 4.39. The van der Waals surface area contributed by atoms with E-state index in [1.54, 1.807) is 28.7 Å². The zero-order chi connectivity index (χ0) is 19.0. The van der Waals surface area contributed by atoms with Crippen LogP contribution in [-0.4, -0.2) is 11.9 Å². The van der Waals surface area contributed by atoms with Gasteiger partial charge in [-0.25, -0.2) is 18.0 Å². The summed E-state index contributed by atoms with van der Waals surface area (Å²) >= 11 is 5.59. The number of halogens is 7. The van der Waals surface area contributed by atoms with Crippen molar-refractivity contribution >= 4 is 79.7 Å². The number of rotatable bonds is 3. The Bertz CT molecular complexity index is 918. The predicted octanol–water partition coefficient (Wildman–Crippen LogP) is 3.64. The molecule has 4 nitrogen and oxygen atoms in total. The number of carbonyl (C=O) groups excluding carboxylic acids is 2. The number of esters is 1. The second kappa shape index (κ2) is 7.89. The maximum absolute atomic E-state index is 14.0. The van der Waals surface area contributed by atoms with Gasteiger partial charge in [-0.1, -0.05) is 0 Å². The number of ether oxygens (including phenoxy) is 1. The van der Waals surface area contributed by atoms with Gasteiger partial charge < -0.3 is 14.6 Å². The summed E-state index contributed by atoms with van der Waals surface area (Å²) in [4.78, 5) is 22.9. The number of carboxylic acids is 1. The Kier molecular flexibility index (Phi) is 6.50. The molecule has 132 valence electrons. The smallest absolute Gasteiger partial charge is 0.344 e. The fraction of sp³-hybridized carbons (Fsp3) is 0. The minimum atomic E-state index is -2.43. The maximum atomic E-state index is 14.0. The summed E-state index contributed by atoms with van der Waals surface area (Å²) in [6.07, 6.45) is 0. The molecule has 0 saturated carbocycles. The van der Waals surface area contributed by atoms with Gasteiger partial charge in [0.2, 0.25) is 11.6 Å². The minimum absolute atomic E-state index is 0.0876. The van der Waals surface area contributed by atoms with E-state index in [0.29, 0.717) is 10.7 Å². The van der Waals surface area contributed by atoms with Crippen LogP contribution >= 0.6 is 67.8 Å². The molecule has 25 heavy (non-hydrogen) atoms. The molecule has 0 saturated heterocycles. The van der Waals surface area contributed by atoms with Crippen LogP contribution in [0.4, 0.5) is 17.6 Å². The Labute approximate surface area is 178 Å². The van der Waals surface area contributed by atoms with E-state index in [1.165, 1.54) is 6.07 Å². The summed E-state index contributed by atoms with van der Waals surface area (Å²) in [5.41, 5.74) is -1.95. The molecule has 2 aromatic carbocycles. The van der Waals surface area contributed by atoms with Crippen molar-refractivity contribution in [2.75, 3.05) is 0 Å². The van der Waals surface area contributed by atoms with Gasteiger partial charge in [-0.2, -0.15) is 4.39 Å². The van der Waals surface area contributed by atoms with Gasteiger partial charge in [0.1, 0.15) is 0 Å². The predicted molar refractivity (Wildman–Crippen MR) is 100 cm³/mol. The minimum Gasteiger partial charge on any atom is -0.545 e. The number of carboxylic acid groups (broad SMARTS) is 1. The van der Waals surface area contributed by atoms with Crippen molar-refractivity contribution < 1.29 is 37.0 Å². The molecular weight excluding hydrogens is 689 g/mol. The van der Waals surface area contributed by atoms with Crippen LogP contribution in [0.3, 0.4) is 0 Å². The SMILES string of the molecule is O=C(Oc1c(F)c(F)c(F)c(C(=O)[O-])c1F)c1cc(I)cc(I)c1I. The van der Waals surface area contributed by atoms with E-state index in [0.717, 1.165) is 0 Å². The molecule has 0 heterocycles.